The van der Waals surface area contributed by atoms with Gasteiger partial charge in [-0.05, 0) is 56.7 Å². The molecule has 1 aliphatic carbocycles. The van der Waals surface area contributed by atoms with Gasteiger partial charge in [-0.2, -0.15) is 0 Å². The maximum atomic E-state index is 6.22. The van der Waals surface area contributed by atoms with E-state index in [-0.39, 0.29) is 6.10 Å². The zero-order chi connectivity index (χ0) is 13.1. The van der Waals surface area contributed by atoms with Crippen LogP contribution in [0, 0.1) is 20.8 Å². The molecular weight excluding hydrogens is 222 g/mol. The van der Waals surface area contributed by atoms with Crippen LogP contribution in [0.5, 0.6) is 5.75 Å². The topological polar surface area (TPSA) is 21.3 Å². The molecule has 1 N–H and O–H groups in total. The van der Waals surface area contributed by atoms with E-state index in [1.54, 1.807) is 0 Å². The number of benzene rings is 1. The SMILES string of the molecule is CCC(CNC1CC1)Oc1c(C)ccc(C)c1C. The van der Waals surface area contributed by atoms with Gasteiger partial charge in [0.1, 0.15) is 11.9 Å². The Morgan fingerprint density at radius 1 is 1.22 bits per heavy atom. The van der Waals surface area contributed by atoms with Crippen LogP contribution in [0.4, 0.5) is 0 Å². The van der Waals surface area contributed by atoms with Gasteiger partial charge in [-0.25, -0.2) is 0 Å². The molecule has 0 heterocycles. The second-order valence-corrected chi connectivity index (χ2v) is 5.48. The van der Waals surface area contributed by atoms with Crippen LogP contribution in [0.15, 0.2) is 12.1 Å². The smallest absolute Gasteiger partial charge is 0.125 e. The Morgan fingerprint density at radius 3 is 2.50 bits per heavy atom. The van der Waals surface area contributed by atoms with Crippen LogP contribution in [0.1, 0.15) is 42.9 Å². The lowest BCUT2D eigenvalue weighted by Crippen LogP contribution is -2.32. The van der Waals surface area contributed by atoms with Gasteiger partial charge in [-0.15, -0.1) is 0 Å². The summed E-state index contributed by atoms with van der Waals surface area (Å²) in [6.07, 6.45) is 3.99. The first kappa shape index (κ1) is 13.4. The summed E-state index contributed by atoms with van der Waals surface area (Å²) in [5.41, 5.74) is 3.82. The molecule has 2 rings (SSSR count). The van der Waals surface area contributed by atoms with E-state index in [0.717, 1.165) is 24.8 Å². The van der Waals surface area contributed by atoms with Gasteiger partial charge >= 0.3 is 0 Å². The van der Waals surface area contributed by atoms with Gasteiger partial charge in [0.05, 0.1) is 0 Å². The van der Waals surface area contributed by atoms with Gasteiger partial charge in [0.2, 0.25) is 0 Å². The molecule has 2 heteroatoms. The Labute approximate surface area is 111 Å². The van der Waals surface area contributed by atoms with Gasteiger partial charge in [-0.3, -0.25) is 0 Å². The molecule has 1 aliphatic rings. The Kier molecular flexibility index (Phi) is 4.28. The molecule has 2 nitrogen and oxygen atoms in total. The Morgan fingerprint density at radius 2 is 1.89 bits per heavy atom. The van der Waals surface area contributed by atoms with E-state index in [1.165, 1.54) is 29.5 Å². The zero-order valence-corrected chi connectivity index (χ0v) is 12.0. The van der Waals surface area contributed by atoms with E-state index in [0.29, 0.717) is 0 Å². The molecule has 1 aromatic carbocycles. The van der Waals surface area contributed by atoms with Crippen LogP contribution in [0.3, 0.4) is 0 Å². The van der Waals surface area contributed by atoms with Crippen molar-refractivity contribution >= 4 is 0 Å². The molecule has 1 unspecified atom stereocenters. The fourth-order valence-electron chi connectivity index (χ4n) is 2.13. The van der Waals surface area contributed by atoms with Crippen LogP contribution >= 0.6 is 0 Å². The van der Waals surface area contributed by atoms with Crippen LogP contribution in [0.2, 0.25) is 0 Å². The van der Waals surface area contributed by atoms with E-state index in [1.807, 2.05) is 0 Å². The summed E-state index contributed by atoms with van der Waals surface area (Å²) in [5, 5.41) is 3.56. The quantitative estimate of drug-likeness (QED) is 0.830. The molecule has 1 fully saturated rings. The number of rotatable bonds is 6. The zero-order valence-electron chi connectivity index (χ0n) is 12.0. The summed E-state index contributed by atoms with van der Waals surface area (Å²) >= 11 is 0. The van der Waals surface area contributed by atoms with E-state index in [2.05, 4.69) is 45.1 Å². The van der Waals surface area contributed by atoms with Crippen molar-refractivity contribution in [1.29, 1.82) is 0 Å². The molecule has 0 aromatic heterocycles. The largest absolute Gasteiger partial charge is 0.489 e. The van der Waals surface area contributed by atoms with E-state index >= 15 is 0 Å². The second kappa shape index (κ2) is 5.75. The third-order valence-electron chi connectivity index (χ3n) is 3.82. The Bertz CT molecular complexity index is 410. The molecular formula is C16H25NO. The summed E-state index contributed by atoms with van der Waals surface area (Å²) in [6, 6.07) is 5.07. The molecule has 1 atom stereocenters. The Balaban J connectivity index is 2.03. The first-order valence-electron chi connectivity index (χ1n) is 7.08. The highest BCUT2D eigenvalue weighted by Gasteiger charge is 2.22. The molecule has 0 spiro atoms. The fraction of sp³-hybridized carbons (Fsp3) is 0.625. The van der Waals surface area contributed by atoms with E-state index < -0.39 is 0 Å². The highest BCUT2D eigenvalue weighted by Crippen LogP contribution is 2.27. The monoisotopic (exact) mass is 247 g/mol. The van der Waals surface area contributed by atoms with Crippen LogP contribution < -0.4 is 10.1 Å². The van der Waals surface area contributed by atoms with Crippen molar-refractivity contribution in [2.24, 2.45) is 0 Å². The summed E-state index contributed by atoms with van der Waals surface area (Å²) in [6.45, 7) is 9.58. The first-order valence-corrected chi connectivity index (χ1v) is 7.08. The van der Waals surface area contributed by atoms with Gasteiger partial charge < -0.3 is 10.1 Å². The highest BCUT2D eigenvalue weighted by atomic mass is 16.5. The predicted molar refractivity (Wildman–Crippen MR) is 76.4 cm³/mol. The predicted octanol–water partition coefficient (Wildman–Crippen LogP) is 3.52. The first-order chi connectivity index (χ1) is 8.61. The lowest BCUT2D eigenvalue weighted by atomic mass is 10.1. The van der Waals surface area contributed by atoms with Crippen molar-refractivity contribution < 1.29 is 4.74 Å². The summed E-state index contributed by atoms with van der Waals surface area (Å²) in [7, 11) is 0. The minimum Gasteiger partial charge on any atom is -0.489 e. The lowest BCUT2D eigenvalue weighted by molar-refractivity contribution is 0.190. The van der Waals surface area contributed by atoms with Crippen molar-refractivity contribution in [2.75, 3.05) is 6.54 Å². The highest BCUT2D eigenvalue weighted by molar-refractivity contribution is 5.44. The second-order valence-electron chi connectivity index (χ2n) is 5.48. The summed E-state index contributed by atoms with van der Waals surface area (Å²) < 4.78 is 6.22. The van der Waals surface area contributed by atoms with Crippen molar-refractivity contribution in [3.63, 3.8) is 0 Å². The maximum Gasteiger partial charge on any atom is 0.125 e. The van der Waals surface area contributed by atoms with Gasteiger partial charge in [0, 0.05) is 12.6 Å². The van der Waals surface area contributed by atoms with Gasteiger partial charge in [0.25, 0.3) is 0 Å². The van der Waals surface area contributed by atoms with Crippen molar-refractivity contribution in [3.8, 4) is 5.75 Å². The molecule has 0 amide bonds. The molecule has 0 aliphatic heterocycles. The number of nitrogens with one attached hydrogen (secondary N) is 1. The van der Waals surface area contributed by atoms with E-state index in [4.69, 9.17) is 4.74 Å². The van der Waals surface area contributed by atoms with E-state index in [9.17, 15) is 0 Å². The van der Waals surface area contributed by atoms with Crippen LogP contribution in [-0.2, 0) is 0 Å². The van der Waals surface area contributed by atoms with Gasteiger partial charge in [0.15, 0.2) is 0 Å². The van der Waals surface area contributed by atoms with Crippen molar-refractivity contribution in [1.82, 2.24) is 5.32 Å². The van der Waals surface area contributed by atoms with Crippen LogP contribution in [0.25, 0.3) is 0 Å². The third-order valence-corrected chi connectivity index (χ3v) is 3.82. The van der Waals surface area contributed by atoms with Crippen LogP contribution in [-0.4, -0.2) is 18.7 Å². The molecule has 18 heavy (non-hydrogen) atoms. The lowest BCUT2D eigenvalue weighted by Gasteiger charge is -2.22. The number of hydrogen-bond donors (Lipinski definition) is 1. The summed E-state index contributed by atoms with van der Waals surface area (Å²) in [5.74, 6) is 1.08. The third kappa shape index (κ3) is 3.26. The minimum atomic E-state index is 0.282. The molecule has 100 valence electrons. The molecule has 0 bridgehead atoms. The Hall–Kier alpha value is -1.02. The average Bonchev–Trinajstić information content (AvgIpc) is 3.17. The fourth-order valence-corrected chi connectivity index (χ4v) is 2.13. The molecule has 1 saturated carbocycles. The van der Waals surface area contributed by atoms with Gasteiger partial charge in [-0.1, -0.05) is 19.1 Å². The maximum absolute atomic E-state index is 6.22. The number of hydrogen-bond acceptors (Lipinski definition) is 2. The molecule has 1 aromatic rings. The number of aryl methyl sites for hydroxylation is 2. The standard InChI is InChI=1S/C16H25NO/c1-5-15(10-17-14-8-9-14)18-16-12(3)7-6-11(2)13(16)4/h6-7,14-15,17H,5,8-10H2,1-4H3. The van der Waals surface area contributed by atoms with Crippen molar-refractivity contribution in [2.45, 2.75) is 59.1 Å². The minimum absolute atomic E-state index is 0.282. The average molecular weight is 247 g/mol. The molecule has 0 radical (unpaired) electrons. The number of ether oxygens (including phenoxy) is 1. The van der Waals surface area contributed by atoms with Crippen molar-refractivity contribution in [3.05, 3.63) is 28.8 Å². The normalized spacial score (nSPS) is 16.7. The molecule has 0 saturated heterocycles. The summed E-state index contributed by atoms with van der Waals surface area (Å²) in [4.78, 5) is 0.